The minimum Gasteiger partial charge on any atom is -0.459 e. The zero-order chi connectivity index (χ0) is 18.8. The standard InChI is InChI=1S/C17H24O8/c1-10(2)11-7-8-22-14(18)12-13(15(19)23-9-11)25-17(4,21-6)16(3,20-5)24-12/h7,12-13H,1,8-9H2,2-6H3/b11-7+/t12-,13-,16-,17-/m1/s1. The van der Waals surface area contributed by atoms with E-state index in [1.807, 2.05) is 0 Å². The van der Waals surface area contributed by atoms with E-state index < -0.39 is 35.7 Å². The summed E-state index contributed by atoms with van der Waals surface area (Å²) in [7, 11) is 2.76. The highest BCUT2D eigenvalue weighted by molar-refractivity contribution is 5.86. The van der Waals surface area contributed by atoms with Crippen LogP contribution in [0.15, 0.2) is 23.8 Å². The summed E-state index contributed by atoms with van der Waals surface area (Å²) in [5.41, 5.74) is 1.36. The van der Waals surface area contributed by atoms with E-state index in [0.717, 1.165) is 0 Å². The van der Waals surface area contributed by atoms with Crippen LogP contribution in [0.25, 0.3) is 0 Å². The Bertz CT molecular complexity index is 597. The van der Waals surface area contributed by atoms with Crippen molar-refractivity contribution in [3.05, 3.63) is 23.8 Å². The smallest absolute Gasteiger partial charge is 0.339 e. The van der Waals surface area contributed by atoms with Gasteiger partial charge in [0.1, 0.15) is 13.2 Å². The molecule has 0 aromatic heterocycles. The van der Waals surface area contributed by atoms with Crippen LogP contribution in [0, 0.1) is 0 Å². The van der Waals surface area contributed by atoms with Crippen LogP contribution < -0.4 is 0 Å². The van der Waals surface area contributed by atoms with E-state index in [1.54, 1.807) is 26.8 Å². The van der Waals surface area contributed by atoms with Gasteiger partial charge in [-0.3, -0.25) is 0 Å². The Hall–Kier alpha value is -1.74. The number of carbonyl (C=O) groups excluding carboxylic acids is 2. The first-order valence-electron chi connectivity index (χ1n) is 7.81. The maximum absolute atomic E-state index is 12.5. The molecule has 2 rings (SSSR count). The zero-order valence-electron chi connectivity index (χ0n) is 15.1. The van der Waals surface area contributed by atoms with Crippen LogP contribution in [0.4, 0.5) is 0 Å². The molecule has 0 radical (unpaired) electrons. The van der Waals surface area contributed by atoms with Gasteiger partial charge in [0.2, 0.25) is 11.6 Å². The third kappa shape index (κ3) is 3.62. The first-order chi connectivity index (χ1) is 11.7. The highest BCUT2D eigenvalue weighted by atomic mass is 16.8. The summed E-state index contributed by atoms with van der Waals surface area (Å²) < 4.78 is 32.6. The first kappa shape index (κ1) is 19.6. The van der Waals surface area contributed by atoms with Gasteiger partial charge in [-0.1, -0.05) is 12.2 Å². The second-order valence-corrected chi connectivity index (χ2v) is 6.12. The van der Waals surface area contributed by atoms with E-state index in [-0.39, 0.29) is 13.2 Å². The lowest BCUT2D eigenvalue weighted by atomic mass is 10.0. The van der Waals surface area contributed by atoms with E-state index in [2.05, 4.69) is 6.58 Å². The van der Waals surface area contributed by atoms with Gasteiger partial charge >= 0.3 is 11.9 Å². The van der Waals surface area contributed by atoms with Crippen molar-refractivity contribution in [2.75, 3.05) is 27.4 Å². The third-order valence-corrected chi connectivity index (χ3v) is 4.52. The summed E-state index contributed by atoms with van der Waals surface area (Å²) in [6, 6.07) is 0. The van der Waals surface area contributed by atoms with Gasteiger partial charge in [-0.25, -0.2) is 9.59 Å². The molecule has 1 saturated heterocycles. The minimum absolute atomic E-state index is 0.00357. The largest absolute Gasteiger partial charge is 0.459 e. The Morgan fingerprint density at radius 2 is 1.56 bits per heavy atom. The number of methoxy groups -OCH3 is 2. The van der Waals surface area contributed by atoms with Gasteiger partial charge < -0.3 is 28.4 Å². The van der Waals surface area contributed by atoms with E-state index in [9.17, 15) is 9.59 Å². The average Bonchev–Trinajstić information content (AvgIpc) is 2.58. The molecule has 140 valence electrons. The van der Waals surface area contributed by atoms with Gasteiger partial charge in [0, 0.05) is 14.2 Å². The van der Waals surface area contributed by atoms with E-state index in [1.165, 1.54) is 14.2 Å². The molecule has 0 N–H and O–H groups in total. The van der Waals surface area contributed by atoms with Crippen LogP contribution in [0.3, 0.4) is 0 Å². The number of hydrogen-bond acceptors (Lipinski definition) is 8. The number of hydrogen-bond donors (Lipinski definition) is 0. The number of fused-ring (bicyclic) bond motifs is 1. The van der Waals surface area contributed by atoms with Gasteiger partial charge in [0.15, 0.2) is 12.2 Å². The van der Waals surface area contributed by atoms with Crippen molar-refractivity contribution in [1.82, 2.24) is 0 Å². The Kier molecular flexibility index (Phi) is 5.68. The van der Waals surface area contributed by atoms with Gasteiger partial charge in [-0.2, -0.15) is 0 Å². The monoisotopic (exact) mass is 356 g/mol. The number of esters is 2. The second kappa shape index (κ2) is 7.25. The Morgan fingerprint density at radius 1 is 1.08 bits per heavy atom. The predicted octanol–water partition coefficient (Wildman–Crippen LogP) is 1.10. The van der Waals surface area contributed by atoms with Crippen molar-refractivity contribution in [2.45, 2.75) is 44.6 Å². The maximum atomic E-state index is 12.5. The molecule has 8 heteroatoms. The number of ether oxygens (including phenoxy) is 6. The van der Waals surface area contributed by atoms with Crippen LogP contribution >= 0.6 is 0 Å². The van der Waals surface area contributed by atoms with Crippen molar-refractivity contribution >= 4 is 11.9 Å². The molecule has 0 aromatic rings. The fraction of sp³-hybridized carbons (Fsp3) is 0.647. The Morgan fingerprint density at radius 3 is 2.00 bits per heavy atom. The predicted molar refractivity (Wildman–Crippen MR) is 85.4 cm³/mol. The minimum atomic E-state index is -1.45. The molecule has 0 aliphatic carbocycles. The molecule has 0 spiro atoms. The van der Waals surface area contributed by atoms with Crippen LogP contribution in [0.2, 0.25) is 0 Å². The van der Waals surface area contributed by atoms with Gasteiger partial charge in [-0.05, 0) is 32.4 Å². The van der Waals surface area contributed by atoms with Gasteiger partial charge in [0.25, 0.3) is 0 Å². The normalized spacial score (nSPS) is 38.7. The molecule has 0 unspecified atom stereocenters. The molecule has 4 atom stereocenters. The summed E-state index contributed by atoms with van der Waals surface area (Å²) >= 11 is 0. The molecule has 2 heterocycles. The SMILES string of the molecule is C=C(C)/C1=C/COC(=O)[C@@H]2O[C@@](C)(OC)[C@](C)(OC)O[C@H]2C(=O)OC1. The lowest BCUT2D eigenvalue weighted by molar-refractivity contribution is -0.439. The molecular weight excluding hydrogens is 332 g/mol. The van der Waals surface area contributed by atoms with E-state index in [0.29, 0.717) is 11.1 Å². The average molecular weight is 356 g/mol. The van der Waals surface area contributed by atoms with Crippen molar-refractivity contribution in [1.29, 1.82) is 0 Å². The Labute approximate surface area is 146 Å². The highest BCUT2D eigenvalue weighted by Gasteiger charge is 2.60. The fourth-order valence-electron chi connectivity index (χ4n) is 2.53. The van der Waals surface area contributed by atoms with Crippen molar-refractivity contribution in [3.63, 3.8) is 0 Å². The quantitative estimate of drug-likeness (QED) is 0.695. The Balaban J connectivity index is 2.36. The first-order valence-corrected chi connectivity index (χ1v) is 7.81. The number of carbonyl (C=O) groups is 2. The summed E-state index contributed by atoms with van der Waals surface area (Å²) in [6.07, 6.45) is -1.07. The maximum Gasteiger partial charge on any atom is 0.339 e. The van der Waals surface area contributed by atoms with Gasteiger partial charge in [-0.15, -0.1) is 0 Å². The molecule has 0 amide bonds. The van der Waals surface area contributed by atoms with Crippen LogP contribution in [0.5, 0.6) is 0 Å². The number of rotatable bonds is 3. The lowest BCUT2D eigenvalue weighted by Crippen LogP contribution is -2.68. The van der Waals surface area contributed by atoms with E-state index in [4.69, 9.17) is 28.4 Å². The molecular formula is C17H24O8. The van der Waals surface area contributed by atoms with Crippen molar-refractivity contribution < 1.29 is 38.0 Å². The summed E-state index contributed by atoms with van der Waals surface area (Å²) in [5, 5.41) is 0. The highest BCUT2D eigenvalue weighted by Crippen LogP contribution is 2.40. The second-order valence-electron chi connectivity index (χ2n) is 6.12. The summed E-state index contributed by atoms with van der Waals surface area (Å²) in [6.45, 7) is 8.65. The third-order valence-electron chi connectivity index (χ3n) is 4.52. The van der Waals surface area contributed by atoms with E-state index >= 15 is 0 Å². The molecule has 25 heavy (non-hydrogen) atoms. The van der Waals surface area contributed by atoms with Crippen molar-refractivity contribution in [2.24, 2.45) is 0 Å². The van der Waals surface area contributed by atoms with Crippen LogP contribution in [0.1, 0.15) is 20.8 Å². The molecule has 2 aliphatic rings. The fourth-order valence-corrected chi connectivity index (χ4v) is 2.53. The lowest BCUT2D eigenvalue weighted by Gasteiger charge is -2.50. The molecule has 2 aliphatic heterocycles. The number of cyclic esters (lactones) is 2. The van der Waals surface area contributed by atoms with Crippen LogP contribution in [-0.2, 0) is 38.0 Å². The zero-order valence-corrected chi connectivity index (χ0v) is 15.1. The van der Waals surface area contributed by atoms with Crippen LogP contribution in [-0.4, -0.2) is 63.2 Å². The van der Waals surface area contributed by atoms with Gasteiger partial charge in [0.05, 0.1) is 0 Å². The molecule has 0 saturated carbocycles. The molecule has 0 aromatic carbocycles. The summed E-state index contributed by atoms with van der Waals surface area (Å²) in [5.74, 6) is -4.41. The molecule has 1 fully saturated rings. The topological polar surface area (TPSA) is 89.5 Å². The van der Waals surface area contributed by atoms with Crippen molar-refractivity contribution in [3.8, 4) is 0 Å². The summed E-state index contributed by atoms with van der Waals surface area (Å²) in [4.78, 5) is 24.9. The molecule has 8 nitrogen and oxygen atoms in total. The molecule has 0 bridgehead atoms.